The maximum absolute atomic E-state index is 12.1. The van der Waals surface area contributed by atoms with Crippen LogP contribution in [0.5, 0.6) is 0 Å². The molecule has 7 heteroatoms. The van der Waals surface area contributed by atoms with Crippen LogP contribution >= 0.6 is 0 Å². The van der Waals surface area contributed by atoms with Gasteiger partial charge in [0.05, 0.1) is 5.75 Å². The Bertz CT molecular complexity index is 524. The van der Waals surface area contributed by atoms with E-state index in [0.29, 0.717) is 24.3 Å². The summed E-state index contributed by atoms with van der Waals surface area (Å²) in [7, 11) is -1.34. The topological polar surface area (TPSA) is 78.7 Å². The lowest BCUT2D eigenvalue weighted by atomic mass is 10.2. The van der Waals surface area contributed by atoms with E-state index in [1.807, 2.05) is 7.05 Å². The maximum Gasteiger partial charge on any atom is 0.228 e. The summed E-state index contributed by atoms with van der Waals surface area (Å²) in [5.41, 5.74) is 6.92. The monoisotopic (exact) mass is 284 g/mol. The highest BCUT2D eigenvalue weighted by Crippen LogP contribution is 2.10. The van der Waals surface area contributed by atoms with Gasteiger partial charge in [0.25, 0.3) is 0 Å². The molecule has 1 aromatic rings. The first-order valence-corrected chi connectivity index (χ1v) is 7.88. The predicted molar refractivity (Wildman–Crippen MR) is 75.7 cm³/mol. The molecule has 2 rings (SSSR count). The number of piperazine rings is 1. The molecule has 0 bridgehead atoms. The number of likely N-dealkylation sites (N-methyl/N-ethyl adjacent to an activating group) is 1. The standard InChI is InChI=1S/C12H20N4O2S/c1-15-5-7-16(8-6-15)14-19(17,18)10-11-3-2-4-12(13)9-11/h2-4,9,14H,5-8,10,13H2,1H3. The van der Waals surface area contributed by atoms with Gasteiger partial charge in [-0.25, -0.2) is 13.4 Å². The number of benzene rings is 1. The quantitative estimate of drug-likeness (QED) is 0.752. The third kappa shape index (κ3) is 4.46. The number of nitrogen functional groups attached to an aromatic ring is 1. The van der Waals surface area contributed by atoms with Gasteiger partial charge in [0.1, 0.15) is 0 Å². The second kappa shape index (κ2) is 5.87. The van der Waals surface area contributed by atoms with Crippen LogP contribution in [0, 0.1) is 0 Å². The van der Waals surface area contributed by atoms with Crippen LogP contribution < -0.4 is 10.6 Å². The molecule has 1 heterocycles. The molecule has 0 amide bonds. The molecule has 0 spiro atoms. The Morgan fingerprint density at radius 1 is 1.26 bits per heavy atom. The molecule has 6 nitrogen and oxygen atoms in total. The van der Waals surface area contributed by atoms with Crippen LogP contribution in [-0.2, 0) is 15.8 Å². The molecule has 0 unspecified atom stereocenters. The van der Waals surface area contributed by atoms with Crippen molar-refractivity contribution < 1.29 is 8.42 Å². The van der Waals surface area contributed by atoms with Crippen molar-refractivity contribution in [3.05, 3.63) is 29.8 Å². The van der Waals surface area contributed by atoms with E-state index in [1.54, 1.807) is 29.3 Å². The summed E-state index contributed by atoms with van der Waals surface area (Å²) in [6.07, 6.45) is 0. The summed E-state index contributed by atoms with van der Waals surface area (Å²) in [4.78, 5) is 4.79. The van der Waals surface area contributed by atoms with Crippen LogP contribution in [0.25, 0.3) is 0 Å². The molecule has 1 fully saturated rings. The van der Waals surface area contributed by atoms with E-state index in [9.17, 15) is 8.42 Å². The van der Waals surface area contributed by atoms with Gasteiger partial charge in [-0.05, 0) is 24.7 Å². The average molecular weight is 284 g/mol. The molecular formula is C12H20N4O2S. The molecule has 0 aromatic heterocycles. The van der Waals surface area contributed by atoms with Gasteiger partial charge < -0.3 is 10.6 Å². The number of nitrogens with one attached hydrogen (secondary N) is 1. The van der Waals surface area contributed by atoms with E-state index in [2.05, 4.69) is 9.73 Å². The van der Waals surface area contributed by atoms with Gasteiger partial charge in [0.15, 0.2) is 0 Å². The molecule has 0 saturated carbocycles. The van der Waals surface area contributed by atoms with Crippen LogP contribution in [0.2, 0.25) is 0 Å². The first-order chi connectivity index (χ1) is 8.94. The summed E-state index contributed by atoms with van der Waals surface area (Å²) < 4.78 is 24.1. The van der Waals surface area contributed by atoms with Gasteiger partial charge in [-0.1, -0.05) is 12.1 Å². The molecular weight excluding hydrogens is 264 g/mol. The van der Waals surface area contributed by atoms with Crippen LogP contribution in [0.15, 0.2) is 24.3 Å². The van der Waals surface area contributed by atoms with Crippen molar-refractivity contribution in [2.45, 2.75) is 5.75 Å². The second-order valence-corrected chi connectivity index (χ2v) is 6.59. The largest absolute Gasteiger partial charge is 0.399 e. The van der Waals surface area contributed by atoms with Crippen LogP contribution in [0.4, 0.5) is 5.69 Å². The molecule has 0 aliphatic carbocycles. The van der Waals surface area contributed by atoms with E-state index >= 15 is 0 Å². The Morgan fingerprint density at radius 2 is 1.95 bits per heavy atom. The normalized spacial score (nSPS) is 18.6. The molecule has 0 radical (unpaired) electrons. The van der Waals surface area contributed by atoms with Gasteiger partial charge in [-0.3, -0.25) is 0 Å². The third-order valence-corrected chi connectivity index (χ3v) is 4.33. The van der Waals surface area contributed by atoms with Gasteiger partial charge in [-0.15, -0.1) is 4.83 Å². The molecule has 1 aromatic carbocycles. The predicted octanol–water partition coefficient (Wildman–Crippen LogP) is -0.149. The number of rotatable bonds is 4. The van der Waals surface area contributed by atoms with Crippen molar-refractivity contribution in [1.82, 2.24) is 14.7 Å². The molecule has 106 valence electrons. The highest BCUT2D eigenvalue weighted by atomic mass is 32.2. The van der Waals surface area contributed by atoms with Crippen molar-refractivity contribution in [1.29, 1.82) is 0 Å². The number of hydrogen-bond donors (Lipinski definition) is 2. The summed E-state index contributed by atoms with van der Waals surface area (Å²) >= 11 is 0. The Kier molecular flexibility index (Phi) is 4.41. The zero-order valence-electron chi connectivity index (χ0n) is 11.0. The smallest absolute Gasteiger partial charge is 0.228 e. The van der Waals surface area contributed by atoms with E-state index in [0.717, 1.165) is 13.1 Å². The Labute approximate surface area is 114 Å². The maximum atomic E-state index is 12.1. The summed E-state index contributed by atoms with van der Waals surface area (Å²) in [6, 6.07) is 6.95. The molecule has 3 N–H and O–H groups in total. The zero-order chi connectivity index (χ0) is 13.9. The molecule has 19 heavy (non-hydrogen) atoms. The van der Waals surface area contributed by atoms with Crippen molar-refractivity contribution in [2.75, 3.05) is 39.0 Å². The molecule has 1 aliphatic heterocycles. The van der Waals surface area contributed by atoms with Crippen molar-refractivity contribution >= 4 is 15.7 Å². The fourth-order valence-corrected chi connectivity index (χ4v) is 3.29. The summed E-state index contributed by atoms with van der Waals surface area (Å²) in [5, 5.41) is 1.75. The molecule has 1 aliphatic rings. The molecule has 0 atom stereocenters. The first kappa shape index (κ1) is 14.3. The zero-order valence-corrected chi connectivity index (χ0v) is 11.9. The Hall–Kier alpha value is -1.15. The number of anilines is 1. The second-order valence-electron chi connectivity index (χ2n) is 4.89. The van der Waals surface area contributed by atoms with Gasteiger partial charge >= 0.3 is 0 Å². The Balaban J connectivity index is 1.95. The number of sulfonamides is 1. The summed E-state index contributed by atoms with van der Waals surface area (Å²) in [6.45, 7) is 3.13. The van der Waals surface area contributed by atoms with Gasteiger partial charge in [-0.2, -0.15) is 0 Å². The van der Waals surface area contributed by atoms with Crippen LogP contribution in [0.1, 0.15) is 5.56 Å². The van der Waals surface area contributed by atoms with E-state index < -0.39 is 10.0 Å². The van der Waals surface area contributed by atoms with Gasteiger partial charge in [0.2, 0.25) is 10.0 Å². The molecule has 1 saturated heterocycles. The fraction of sp³-hybridized carbons (Fsp3) is 0.500. The van der Waals surface area contributed by atoms with E-state index in [1.165, 1.54) is 0 Å². The van der Waals surface area contributed by atoms with E-state index in [-0.39, 0.29) is 5.75 Å². The van der Waals surface area contributed by atoms with Crippen molar-refractivity contribution in [2.24, 2.45) is 0 Å². The SMILES string of the molecule is CN1CCN(NS(=O)(=O)Cc2cccc(N)c2)CC1. The van der Waals surface area contributed by atoms with Crippen LogP contribution in [0.3, 0.4) is 0 Å². The minimum Gasteiger partial charge on any atom is -0.399 e. The minimum absolute atomic E-state index is 0.0512. The lowest BCUT2D eigenvalue weighted by Gasteiger charge is -2.32. The highest BCUT2D eigenvalue weighted by molar-refractivity contribution is 7.88. The van der Waals surface area contributed by atoms with Crippen molar-refractivity contribution in [3.63, 3.8) is 0 Å². The lowest BCUT2D eigenvalue weighted by molar-refractivity contribution is 0.134. The first-order valence-electron chi connectivity index (χ1n) is 6.23. The number of hydrogen-bond acceptors (Lipinski definition) is 5. The summed E-state index contributed by atoms with van der Waals surface area (Å²) in [5.74, 6) is -0.0512. The van der Waals surface area contributed by atoms with Crippen molar-refractivity contribution in [3.8, 4) is 0 Å². The fourth-order valence-electron chi connectivity index (χ4n) is 2.03. The lowest BCUT2D eigenvalue weighted by Crippen LogP contribution is -2.52. The number of nitrogens with zero attached hydrogens (tertiary/aromatic N) is 2. The van der Waals surface area contributed by atoms with Crippen LogP contribution in [-0.4, -0.2) is 51.6 Å². The van der Waals surface area contributed by atoms with Gasteiger partial charge in [0, 0.05) is 31.9 Å². The average Bonchev–Trinajstić information content (AvgIpc) is 2.31. The number of hydrazine groups is 1. The minimum atomic E-state index is -3.37. The highest BCUT2D eigenvalue weighted by Gasteiger charge is 2.19. The van der Waals surface area contributed by atoms with E-state index in [4.69, 9.17) is 5.73 Å². The Morgan fingerprint density at radius 3 is 2.58 bits per heavy atom. The number of nitrogens with two attached hydrogens (primary N) is 1. The third-order valence-electron chi connectivity index (χ3n) is 3.08.